The molecule has 0 bridgehead atoms. The van der Waals surface area contributed by atoms with Gasteiger partial charge in [0.25, 0.3) is 10.0 Å². The molecule has 0 spiro atoms. The fourth-order valence-electron chi connectivity index (χ4n) is 2.79. The molecule has 6 heteroatoms. The van der Waals surface area contributed by atoms with Gasteiger partial charge in [-0.15, -0.1) is 0 Å². The molecular formula is C17H17NO4S. The van der Waals surface area contributed by atoms with E-state index < -0.39 is 16.0 Å². The molecular weight excluding hydrogens is 314 g/mol. The first-order valence-corrected chi connectivity index (χ1v) is 8.69. The minimum absolute atomic E-state index is 0.249. The summed E-state index contributed by atoms with van der Waals surface area (Å²) in [6.07, 6.45) is 0.492. The lowest BCUT2D eigenvalue weighted by Gasteiger charge is -2.20. The molecule has 0 amide bonds. The summed E-state index contributed by atoms with van der Waals surface area (Å²) < 4.78 is 31.9. The van der Waals surface area contributed by atoms with Crippen molar-refractivity contribution in [2.45, 2.75) is 18.2 Å². The molecule has 1 aliphatic heterocycles. The number of aryl methyl sites for hydroxylation is 1. The number of hydrogen-bond acceptors (Lipinski definition) is 4. The number of anilines is 1. The topological polar surface area (TPSA) is 63.7 Å². The molecule has 120 valence electrons. The summed E-state index contributed by atoms with van der Waals surface area (Å²) in [5.41, 5.74) is 2.69. The van der Waals surface area contributed by atoms with Crippen molar-refractivity contribution in [1.82, 2.24) is 0 Å². The van der Waals surface area contributed by atoms with Gasteiger partial charge in [0.05, 0.1) is 23.3 Å². The molecule has 2 aromatic carbocycles. The highest BCUT2D eigenvalue weighted by Crippen LogP contribution is 2.35. The van der Waals surface area contributed by atoms with Gasteiger partial charge in [-0.25, -0.2) is 13.2 Å². The van der Waals surface area contributed by atoms with E-state index in [-0.39, 0.29) is 4.90 Å². The van der Waals surface area contributed by atoms with Crippen LogP contribution in [-0.4, -0.2) is 28.0 Å². The standard InChI is InChI=1S/C17H17NO4S/c1-12-6-8-13(9-7-12)23(20,21)18-11-10-14-15(17(19)22-2)4-3-5-16(14)18/h3-9H,10-11H2,1-2H3. The Morgan fingerprint density at radius 2 is 1.83 bits per heavy atom. The van der Waals surface area contributed by atoms with Crippen molar-refractivity contribution in [3.63, 3.8) is 0 Å². The number of rotatable bonds is 3. The zero-order valence-electron chi connectivity index (χ0n) is 12.9. The fraction of sp³-hybridized carbons (Fsp3) is 0.235. The van der Waals surface area contributed by atoms with Gasteiger partial charge in [-0.2, -0.15) is 0 Å². The van der Waals surface area contributed by atoms with E-state index in [1.54, 1.807) is 42.5 Å². The molecule has 1 heterocycles. The van der Waals surface area contributed by atoms with Crippen LogP contribution in [0.25, 0.3) is 0 Å². The van der Waals surface area contributed by atoms with Crippen molar-refractivity contribution in [3.8, 4) is 0 Å². The Bertz CT molecular complexity index is 857. The quantitative estimate of drug-likeness (QED) is 0.811. The second-order valence-corrected chi connectivity index (χ2v) is 7.30. The van der Waals surface area contributed by atoms with Gasteiger partial charge in [0, 0.05) is 6.54 Å². The van der Waals surface area contributed by atoms with Gasteiger partial charge in [0.15, 0.2) is 0 Å². The minimum atomic E-state index is -3.64. The number of esters is 1. The van der Waals surface area contributed by atoms with Crippen LogP contribution in [0.1, 0.15) is 21.5 Å². The third kappa shape index (κ3) is 2.59. The van der Waals surface area contributed by atoms with Crippen LogP contribution in [0.2, 0.25) is 0 Å². The summed E-state index contributed by atoms with van der Waals surface area (Å²) in [5.74, 6) is -0.448. The number of methoxy groups -OCH3 is 1. The molecule has 0 fully saturated rings. The summed E-state index contributed by atoms with van der Waals surface area (Å²) in [6.45, 7) is 2.23. The van der Waals surface area contributed by atoms with Crippen LogP contribution in [0.15, 0.2) is 47.4 Å². The van der Waals surface area contributed by atoms with Crippen molar-refractivity contribution < 1.29 is 17.9 Å². The van der Waals surface area contributed by atoms with E-state index in [1.165, 1.54) is 11.4 Å². The maximum atomic E-state index is 12.9. The van der Waals surface area contributed by atoms with E-state index in [4.69, 9.17) is 4.74 Å². The Kier molecular flexibility index (Phi) is 3.85. The van der Waals surface area contributed by atoms with Crippen LogP contribution in [0.5, 0.6) is 0 Å². The monoisotopic (exact) mass is 331 g/mol. The average Bonchev–Trinajstić information content (AvgIpc) is 2.99. The molecule has 0 saturated heterocycles. The highest BCUT2D eigenvalue weighted by Gasteiger charge is 2.33. The first kappa shape index (κ1) is 15.6. The van der Waals surface area contributed by atoms with Crippen molar-refractivity contribution in [2.75, 3.05) is 18.0 Å². The van der Waals surface area contributed by atoms with Crippen LogP contribution in [0, 0.1) is 6.92 Å². The summed E-state index contributed by atoms with van der Waals surface area (Å²) in [6, 6.07) is 11.8. The van der Waals surface area contributed by atoms with Gasteiger partial charge >= 0.3 is 5.97 Å². The van der Waals surface area contributed by atoms with Gasteiger partial charge in [-0.1, -0.05) is 23.8 Å². The summed E-state index contributed by atoms with van der Waals surface area (Å²) >= 11 is 0. The first-order valence-electron chi connectivity index (χ1n) is 7.25. The molecule has 0 N–H and O–H groups in total. The largest absolute Gasteiger partial charge is 0.465 e. The highest BCUT2D eigenvalue weighted by atomic mass is 32.2. The zero-order valence-corrected chi connectivity index (χ0v) is 13.8. The maximum absolute atomic E-state index is 12.9. The van der Waals surface area contributed by atoms with E-state index in [2.05, 4.69) is 0 Å². The molecule has 0 aromatic heterocycles. The molecule has 0 unspecified atom stereocenters. The van der Waals surface area contributed by atoms with E-state index in [0.29, 0.717) is 24.2 Å². The second-order valence-electron chi connectivity index (χ2n) is 5.44. The Balaban J connectivity index is 2.06. The summed E-state index contributed by atoms with van der Waals surface area (Å²) in [4.78, 5) is 12.1. The van der Waals surface area contributed by atoms with Gasteiger partial charge in [-0.3, -0.25) is 4.31 Å². The number of carbonyl (C=O) groups is 1. The van der Waals surface area contributed by atoms with Crippen molar-refractivity contribution in [3.05, 3.63) is 59.2 Å². The van der Waals surface area contributed by atoms with Crippen molar-refractivity contribution in [2.24, 2.45) is 0 Å². The van der Waals surface area contributed by atoms with Crippen LogP contribution in [-0.2, 0) is 21.2 Å². The normalized spacial score (nSPS) is 13.7. The SMILES string of the molecule is COC(=O)c1cccc2c1CCN2S(=O)(=O)c1ccc(C)cc1. The van der Waals surface area contributed by atoms with Gasteiger partial charge in [-0.05, 0) is 43.2 Å². The van der Waals surface area contributed by atoms with E-state index in [9.17, 15) is 13.2 Å². The number of hydrogen-bond donors (Lipinski definition) is 0. The first-order chi connectivity index (χ1) is 10.9. The number of sulfonamides is 1. The smallest absolute Gasteiger partial charge is 0.338 e. The molecule has 3 rings (SSSR count). The Hall–Kier alpha value is -2.34. The number of benzene rings is 2. The van der Waals surface area contributed by atoms with E-state index in [0.717, 1.165) is 11.1 Å². The molecule has 0 saturated carbocycles. The van der Waals surface area contributed by atoms with Gasteiger partial charge < -0.3 is 4.74 Å². The third-order valence-corrected chi connectivity index (χ3v) is 5.83. The van der Waals surface area contributed by atoms with Crippen molar-refractivity contribution >= 4 is 21.7 Å². The Morgan fingerprint density at radius 3 is 2.48 bits per heavy atom. The fourth-order valence-corrected chi connectivity index (χ4v) is 4.29. The Labute approximate surface area is 135 Å². The minimum Gasteiger partial charge on any atom is -0.465 e. The van der Waals surface area contributed by atoms with E-state index in [1.807, 2.05) is 6.92 Å². The number of ether oxygens (including phenoxy) is 1. The average molecular weight is 331 g/mol. The van der Waals surface area contributed by atoms with Crippen LogP contribution in [0.3, 0.4) is 0 Å². The molecule has 0 aliphatic carbocycles. The lowest BCUT2D eigenvalue weighted by molar-refractivity contribution is 0.0599. The second kappa shape index (κ2) is 5.70. The summed E-state index contributed by atoms with van der Waals surface area (Å²) in [5, 5.41) is 0. The molecule has 0 atom stereocenters. The van der Waals surface area contributed by atoms with Crippen LogP contribution >= 0.6 is 0 Å². The molecule has 5 nitrogen and oxygen atoms in total. The maximum Gasteiger partial charge on any atom is 0.338 e. The molecule has 0 radical (unpaired) electrons. The number of carbonyl (C=O) groups excluding carboxylic acids is 1. The zero-order chi connectivity index (χ0) is 16.6. The lowest BCUT2D eigenvalue weighted by atomic mass is 10.1. The number of fused-ring (bicyclic) bond motifs is 1. The Morgan fingerprint density at radius 1 is 1.13 bits per heavy atom. The van der Waals surface area contributed by atoms with E-state index >= 15 is 0 Å². The summed E-state index contributed by atoms with van der Waals surface area (Å²) in [7, 11) is -2.32. The predicted molar refractivity (Wildman–Crippen MR) is 87.2 cm³/mol. The molecule has 23 heavy (non-hydrogen) atoms. The van der Waals surface area contributed by atoms with Gasteiger partial charge in [0.1, 0.15) is 0 Å². The lowest BCUT2D eigenvalue weighted by Crippen LogP contribution is -2.29. The van der Waals surface area contributed by atoms with Crippen LogP contribution < -0.4 is 4.31 Å². The third-order valence-electron chi connectivity index (χ3n) is 4.00. The van der Waals surface area contributed by atoms with Crippen molar-refractivity contribution in [1.29, 1.82) is 0 Å². The van der Waals surface area contributed by atoms with Crippen LogP contribution in [0.4, 0.5) is 5.69 Å². The molecule has 2 aromatic rings. The highest BCUT2D eigenvalue weighted by molar-refractivity contribution is 7.92. The predicted octanol–water partition coefficient (Wildman–Crippen LogP) is 2.53. The van der Waals surface area contributed by atoms with Gasteiger partial charge in [0.2, 0.25) is 0 Å². The number of nitrogens with zero attached hydrogens (tertiary/aromatic N) is 1. The molecule has 1 aliphatic rings.